The summed E-state index contributed by atoms with van der Waals surface area (Å²) in [7, 11) is 0. The minimum absolute atomic E-state index is 0.660. The van der Waals surface area contributed by atoms with Crippen molar-refractivity contribution < 1.29 is 0 Å². The maximum atomic E-state index is 3.75. The lowest BCUT2D eigenvalue weighted by Gasteiger charge is -2.34. The minimum atomic E-state index is 0.660. The average molecular weight is 231 g/mol. The Morgan fingerprint density at radius 3 is 2.53 bits per heavy atom. The van der Waals surface area contributed by atoms with E-state index in [2.05, 4.69) is 51.2 Å². The molecule has 1 heteroatoms. The molecule has 3 atom stereocenters. The van der Waals surface area contributed by atoms with Crippen molar-refractivity contribution in [2.75, 3.05) is 5.32 Å². The second-order valence-corrected chi connectivity index (χ2v) is 5.96. The normalized spacial score (nSPS) is 29.1. The minimum Gasteiger partial charge on any atom is -0.382 e. The van der Waals surface area contributed by atoms with Gasteiger partial charge in [-0.15, -0.1) is 0 Å². The second kappa shape index (κ2) is 5.12. The van der Waals surface area contributed by atoms with Gasteiger partial charge >= 0.3 is 0 Å². The lowest BCUT2D eigenvalue weighted by molar-refractivity contribution is 0.276. The number of hydrogen-bond acceptors (Lipinski definition) is 1. The monoisotopic (exact) mass is 231 g/mol. The summed E-state index contributed by atoms with van der Waals surface area (Å²) in [5.41, 5.74) is 4.04. The molecule has 1 fully saturated rings. The van der Waals surface area contributed by atoms with E-state index in [-0.39, 0.29) is 0 Å². The molecule has 0 aromatic heterocycles. The van der Waals surface area contributed by atoms with Gasteiger partial charge in [-0.25, -0.2) is 0 Å². The van der Waals surface area contributed by atoms with Crippen LogP contribution < -0.4 is 5.32 Å². The van der Waals surface area contributed by atoms with Crippen LogP contribution in [0.15, 0.2) is 18.2 Å². The first-order valence-corrected chi connectivity index (χ1v) is 6.90. The fourth-order valence-corrected chi connectivity index (χ4v) is 3.06. The summed E-state index contributed by atoms with van der Waals surface area (Å²) < 4.78 is 0. The van der Waals surface area contributed by atoms with Crippen molar-refractivity contribution in [2.24, 2.45) is 11.8 Å². The van der Waals surface area contributed by atoms with Gasteiger partial charge in [-0.2, -0.15) is 0 Å². The van der Waals surface area contributed by atoms with Gasteiger partial charge in [0.1, 0.15) is 0 Å². The van der Waals surface area contributed by atoms with Gasteiger partial charge in [0.05, 0.1) is 0 Å². The van der Waals surface area contributed by atoms with Gasteiger partial charge in [0, 0.05) is 11.7 Å². The molecule has 94 valence electrons. The van der Waals surface area contributed by atoms with Gasteiger partial charge < -0.3 is 5.32 Å². The molecule has 1 aromatic carbocycles. The van der Waals surface area contributed by atoms with Crippen LogP contribution in [0.1, 0.15) is 44.2 Å². The van der Waals surface area contributed by atoms with E-state index >= 15 is 0 Å². The van der Waals surface area contributed by atoms with E-state index in [9.17, 15) is 0 Å². The fourth-order valence-electron chi connectivity index (χ4n) is 3.06. The molecule has 0 amide bonds. The number of anilines is 1. The van der Waals surface area contributed by atoms with Gasteiger partial charge in [0.15, 0.2) is 0 Å². The first kappa shape index (κ1) is 12.5. The van der Waals surface area contributed by atoms with Crippen LogP contribution in [0.2, 0.25) is 0 Å². The molecule has 1 aliphatic rings. The van der Waals surface area contributed by atoms with Crippen molar-refractivity contribution in [3.8, 4) is 0 Å². The Hall–Kier alpha value is -0.980. The van der Waals surface area contributed by atoms with E-state index in [1.807, 2.05) is 0 Å². The maximum absolute atomic E-state index is 3.75. The van der Waals surface area contributed by atoms with E-state index in [1.54, 1.807) is 0 Å². The van der Waals surface area contributed by atoms with Crippen LogP contribution >= 0.6 is 0 Å². The maximum Gasteiger partial charge on any atom is 0.0372 e. The van der Waals surface area contributed by atoms with Crippen LogP contribution in [0.4, 0.5) is 5.69 Å². The lowest BCUT2D eigenvalue weighted by atomic mass is 9.80. The quantitative estimate of drug-likeness (QED) is 0.788. The molecule has 2 rings (SSSR count). The molecule has 1 nitrogen and oxygen atoms in total. The Bertz CT molecular complexity index is 383. The summed E-state index contributed by atoms with van der Waals surface area (Å²) in [5.74, 6) is 1.70. The fraction of sp³-hybridized carbons (Fsp3) is 0.625. The van der Waals surface area contributed by atoms with Crippen molar-refractivity contribution >= 4 is 5.69 Å². The summed E-state index contributed by atoms with van der Waals surface area (Å²) in [6, 6.07) is 7.35. The SMILES string of the molecule is Cc1ccc(NC2CCC(C)CC2C)c(C)c1. The van der Waals surface area contributed by atoms with Gasteiger partial charge in [-0.05, 0) is 56.6 Å². The van der Waals surface area contributed by atoms with E-state index in [4.69, 9.17) is 0 Å². The summed E-state index contributed by atoms with van der Waals surface area (Å²) in [5, 5.41) is 3.75. The smallest absolute Gasteiger partial charge is 0.0372 e. The number of rotatable bonds is 2. The van der Waals surface area contributed by atoms with Crippen LogP contribution in [0.25, 0.3) is 0 Å². The van der Waals surface area contributed by atoms with Gasteiger partial charge in [0.25, 0.3) is 0 Å². The Kier molecular flexibility index (Phi) is 3.76. The molecule has 0 aliphatic heterocycles. The van der Waals surface area contributed by atoms with E-state index in [0.29, 0.717) is 6.04 Å². The van der Waals surface area contributed by atoms with Crippen LogP contribution in [0, 0.1) is 25.7 Å². The first-order chi connectivity index (χ1) is 8.06. The predicted octanol–water partition coefficient (Wildman–Crippen LogP) is 4.54. The Labute approximate surface area is 106 Å². The Balaban J connectivity index is 2.05. The van der Waals surface area contributed by atoms with Gasteiger partial charge in [-0.3, -0.25) is 0 Å². The highest BCUT2D eigenvalue weighted by Crippen LogP contribution is 2.31. The molecule has 1 saturated carbocycles. The van der Waals surface area contributed by atoms with Crippen molar-refractivity contribution in [1.29, 1.82) is 0 Å². The zero-order chi connectivity index (χ0) is 12.4. The highest BCUT2D eigenvalue weighted by Gasteiger charge is 2.25. The highest BCUT2D eigenvalue weighted by atomic mass is 14.9. The number of benzene rings is 1. The topological polar surface area (TPSA) is 12.0 Å². The zero-order valence-electron chi connectivity index (χ0n) is 11.6. The molecule has 0 radical (unpaired) electrons. The van der Waals surface area contributed by atoms with Crippen LogP contribution in [-0.4, -0.2) is 6.04 Å². The van der Waals surface area contributed by atoms with Gasteiger partial charge in [0.2, 0.25) is 0 Å². The molecule has 0 spiro atoms. The van der Waals surface area contributed by atoms with Crippen molar-refractivity contribution in [3.05, 3.63) is 29.3 Å². The third-order valence-electron chi connectivity index (χ3n) is 4.15. The van der Waals surface area contributed by atoms with Crippen LogP contribution in [0.5, 0.6) is 0 Å². The number of aryl methyl sites for hydroxylation is 2. The first-order valence-electron chi connectivity index (χ1n) is 6.90. The van der Waals surface area contributed by atoms with Gasteiger partial charge in [-0.1, -0.05) is 31.5 Å². The zero-order valence-corrected chi connectivity index (χ0v) is 11.6. The molecule has 1 aromatic rings. The molecule has 0 saturated heterocycles. The molecule has 0 bridgehead atoms. The van der Waals surface area contributed by atoms with E-state index < -0.39 is 0 Å². The van der Waals surface area contributed by atoms with E-state index in [0.717, 1.165) is 11.8 Å². The molecular formula is C16H25N. The van der Waals surface area contributed by atoms with Crippen molar-refractivity contribution in [1.82, 2.24) is 0 Å². The van der Waals surface area contributed by atoms with Crippen molar-refractivity contribution in [2.45, 2.75) is 53.0 Å². The molecule has 3 unspecified atom stereocenters. The summed E-state index contributed by atoms with van der Waals surface area (Å²) in [6.45, 7) is 9.12. The van der Waals surface area contributed by atoms with E-state index in [1.165, 1.54) is 36.1 Å². The predicted molar refractivity (Wildman–Crippen MR) is 75.5 cm³/mol. The molecular weight excluding hydrogens is 206 g/mol. The largest absolute Gasteiger partial charge is 0.382 e. The Morgan fingerprint density at radius 1 is 1.12 bits per heavy atom. The van der Waals surface area contributed by atoms with Crippen molar-refractivity contribution in [3.63, 3.8) is 0 Å². The summed E-state index contributed by atoms with van der Waals surface area (Å²) in [4.78, 5) is 0. The third-order valence-corrected chi connectivity index (χ3v) is 4.15. The number of nitrogens with one attached hydrogen (secondary N) is 1. The second-order valence-electron chi connectivity index (χ2n) is 5.96. The third kappa shape index (κ3) is 3.02. The molecule has 17 heavy (non-hydrogen) atoms. The lowest BCUT2D eigenvalue weighted by Crippen LogP contribution is -2.33. The molecule has 0 heterocycles. The highest BCUT2D eigenvalue weighted by molar-refractivity contribution is 5.52. The Morgan fingerprint density at radius 2 is 1.88 bits per heavy atom. The summed E-state index contributed by atoms with van der Waals surface area (Å²) >= 11 is 0. The average Bonchev–Trinajstić information content (AvgIpc) is 2.25. The molecule has 1 N–H and O–H groups in total. The summed E-state index contributed by atoms with van der Waals surface area (Å²) in [6.07, 6.45) is 4.05. The van der Waals surface area contributed by atoms with Crippen LogP contribution in [0.3, 0.4) is 0 Å². The molecule has 1 aliphatic carbocycles. The van der Waals surface area contributed by atoms with Crippen LogP contribution in [-0.2, 0) is 0 Å². The standard InChI is InChI=1S/C16H25N/c1-11-5-7-15(13(3)9-11)17-16-8-6-12(2)10-14(16)4/h5,7,9,12,14,16-17H,6,8,10H2,1-4H3. The number of hydrogen-bond donors (Lipinski definition) is 1.